The number of hydrogen-bond donors (Lipinski definition) is 1. The third kappa shape index (κ3) is 4.98. The first-order chi connectivity index (χ1) is 7.09. The van der Waals surface area contributed by atoms with E-state index in [0.717, 1.165) is 12.6 Å². The molecule has 0 aromatic rings. The Morgan fingerprint density at radius 2 is 2.00 bits per heavy atom. The van der Waals surface area contributed by atoms with Crippen LogP contribution in [0.4, 0.5) is 0 Å². The van der Waals surface area contributed by atoms with Gasteiger partial charge in [0.05, 0.1) is 0 Å². The average Bonchev–Trinajstić information content (AvgIpc) is 2.98. The molecule has 90 valence electrons. The van der Waals surface area contributed by atoms with Crippen molar-refractivity contribution in [2.24, 2.45) is 5.41 Å². The van der Waals surface area contributed by atoms with Gasteiger partial charge in [0.15, 0.2) is 0 Å². The minimum atomic E-state index is 0.460. The third-order valence-electron chi connectivity index (χ3n) is 3.44. The van der Waals surface area contributed by atoms with Gasteiger partial charge in [0.25, 0.3) is 0 Å². The zero-order valence-corrected chi connectivity index (χ0v) is 11.0. The molecular formula is C13H28N2. The maximum Gasteiger partial charge on any atom is 0.00684 e. The van der Waals surface area contributed by atoms with E-state index in [0.29, 0.717) is 5.41 Å². The molecule has 1 unspecified atom stereocenters. The fraction of sp³-hybridized carbons (Fsp3) is 1.00. The maximum absolute atomic E-state index is 3.68. The van der Waals surface area contributed by atoms with Crippen LogP contribution in [0.2, 0.25) is 0 Å². The fourth-order valence-electron chi connectivity index (χ4n) is 2.27. The zero-order valence-electron chi connectivity index (χ0n) is 11.0. The molecule has 0 aromatic carbocycles. The van der Waals surface area contributed by atoms with E-state index in [-0.39, 0.29) is 0 Å². The van der Waals surface area contributed by atoms with Crippen LogP contribution in [0.25, 0.3) is 0 Å². The Kier molecular flexibility index (Phi) is 5.07. The zero-order chi connectivity index (χ0) is 11.3. The summed E-state index contributed by atoms with van der Waals surface area (Å²) in [4.78, 5) is 2.43. The highest BCUT2D eigenvalue weighted by atomic mass is 15.1. The van der Waals surface area contributed by atoms with Gasteiger partial charge in [-0.15, -0.1) is 0 Å². The standard InChI is InChI=1S/C13H28N2/c1-5-9-13(3,11-15(4)6-2)10-14-12-7-8-12/h12,14H,5-11H2,1-4H3. The summed E-state index contributed by atoms with van der Waals surface area (Å²) in [7, 11) is 2.23. The molecule has 0 spiro atoms. The molecule has 0 aliphatic heterocycles. The predicted octanol–water partition coefficient (Wildman–Crippen LogP) is 2.50. The smallest absolute Gasteiger partial charge is 0.00684 e. The van der Waals surface area contributed by atoms with Crippen molar-refractivity contribution in [1.29, 1.82) is 0 Å². The van der Waals surface area contributed by atoms with Gasteiger partial charge in [-0.25, -0.2) is 0 Å². The summed E-state index contributed by atoms with van der Waals surface area (Å²) in [5, 5.41) is 3.68. The first kappa shape index (κ1) is 13.0. The van der Waals surface area contributed by atoms with Crippen molar-refractivity contribution in [1.82, 2.24) is 10.2 Å². The summed E-state index contributed by atoms with van der Waals surface area (Å²) >= 11 is 0. The van der Waals surface area contributed by atoms with Crippen LogP contribution >= 0.6 is 0 Å². The van der Waals surface area contributed by atoms with E-state index in [1.54, 1.807) is 0 Å². The van der Waals surface area contributed by atoms with E-state index < -0.39 is 0 Å². The van der Waals surface area contributed by atoms with E-state index in [9.17, 15) is 0 Å². The minimum absolute atomic E-state index is 0.460. The van der Waals surface area contributed by atoms with E-state index in [1.807, 2.05) is 0 Å². The number of rotatable bonds is 8. The topological polar surface area (TPSA) is 15.3 Å². The van der Waals surface area contributed by atoms with Crippen LogP contribution in [0.15, 0.2) is 0 Å². The van der Waals surface area contributed by atoms with Crippen LogP contribution in [0.3, 0.4) is 0 Å². The quantitative estimate of drug-likeness (QED) is 0.665. The predicted molar refractivity (Wildman–Crippen MR) is 67.2 cm³/mol. The van der Waals surface area contributed by atoms with Gasteiger partial charge in [-0.1, -0.05) is 27.2 Å². The highest BCUT2D eigenvalue weighted by molar-refractivity contribution is 4.86. The second-order valence-corrected chi connectivity index (χ2v) is 5.55. The molecule has 1 rings (SSSR count). The van der Waals surface area contributed by atoms with E-state index in [2.05, 4.69) is 38.0 Å². The molecule has 0 radical (unpaired) electrons. The molecule has 15 heavy (non-hydrogen) atoms. The van der Waals surface area contributed by atoms with Crippen molar-refractivity contribution in [3.63, 3.8) is 0 Å². The lowest BCUT2D eigenvalue weighted by Crippen LogP contribution is -2.41. The molecule has 2 heteroatoms. The maximum atomic E-state index is 3.68. The number of hydrogen-bond acceptors (Lipinski definition) is 2. The normalized spacial score (nSPS) is 20.6. The van der Waals surface area contributed by atoms with Gasteiger partial charge >= 0.3 is 0 Å². The Hall–Kier alpha value is -0.0800. The van der Waals surface area contributed by atoms with E-state index in [1.165, 1.54) is 38.8 Å². The molecule has 1 N–H and O–H groups in total. The minimum Gasteiger partial charge on any atom is -0.313 e. The molecule has 0 aromatic heterocycles. The van der Waals surface area contributed by atoms with Gasteiger partial charge in [-0.2, -0.15) is 0 Å². The van der Waals surface area contributed by atoms with Crippen molar-refractivity contribution in [2.45, 2.75) is 52.5 Å². The fourth-order valence-corrected chi connectivity index (χ4v) is 2.27. The van der Waals surface area contributed by atoms with Crippen LogP contribution in [-0.2, 0) is 0 Å². The molecule has 2 nitrogen and oxygen atoms in total. The van der Waals surface area contributed by atoms with Gasteiger partial charge in [-0.05, 0) is 38.3 Å². The second-order valence-electron chi connectivity index (χ2n) is 5.55. The van der Waals surface area contributed by atoms with Crippen molar-refractivity contribution in [3.8, 4) is 0 Å². The Labute approximate surface area is 95.4 Å². The Balaban J connectivity index is 2.35. The van der Waals surface area contributed by atoms with Gasteiger partial charge < -0.3 is 10.2 Å². The average molecular weight is 212 g/mol. The summed E-state index contributed by atoms with van der Waals surface area (Å²) < 4.78 is 0. The molecule has 1 saturated carbocycles. The highest BCUT2D eigenvalue weighted by Crippen LogP contribution is 2.26. The summed E-state index contributed by atoms with van der Waals surface area (Å²) in [6.45, 7) is 10.5. The number of nitrogens with zero attached hydrogens (tertiary/aromatic N) is 1. The molecule has 1 aliphatic rings. The van der Waals surface area contributed by atoms with Crippen molar-refractivity contribution in [3.05, 3.63) is 0 Å². The van der Waals surface area contributed by atoms with Crippen LogP contribution in [0.1, 0.15) is 46.5 Å². The van der Waals surface area contributed by atoms with Gasteiger partial charge in [0.1, 0.15) is 0 Å². The molecule has 0 amide bonds. The van der Waals surface area contributed by atoms with Crippen LogP contribution in [0, 0.1) is 5.41 Å². The molecule has 1 fully saturated rings. The summed E-state index contributed by atoms with van der Waals surface area (Å²) in [6, 6.07) is 0.841. The van der Waals surface area contributed by atoms with Crippen molar-refractivity contribution in [2.75, 3.05) is 26.7 Å². The Morgan fingerprint density at radius 3 is 2.47 bits per heavy atom. The van der Waals surface area contributed by atoms with Gasteiger partial charge in [0.2, 0.25) is 0 Å². The second kappa shape index (κ2) is 5.86. The van der Waals surface area contributed by atoms with E-state index in [4.69, 9.17) is 0 Å². The highest BCUT2D eigenvalue weighted by Gasteiger charge is 2.28. The van der Waals surface area contributed by atoms with Crippen LogP contribution in [0.5, 0.6) is 0 Å². The first-order valence-corrected chi connectivity index (χ1v) is 6.51. The molecule has 0 bridgehead atoms. The SMILES string of the molecule is CCCC(C)(CNC1CC1)CN(C)CC. The monoisotopic (exact) mass is 212 g/mol. The van der Waals surface area contributed by atoms with Crippen LogP contribution < -0.4 is 5.32 Å². The first-order valence-electron chi connectivity index (χ1n) is 6.51. The Morgan fingerprint density at radius 1 is 1.33 bits per heavy atom. The summed E-state index contributed by atoms with van der Waals surface area (Å²) in [5.74, 6) is 0. The molecule has 0 heterocycles. The largest absolute Gasteiger partial charge is 0.313 e. The van der Waals surface area contributed by atoms with Gasteiger partial charge in [-0.3, -0.25) is 0 Å². The Bertz CT molecular complexity index is 177. The summed E-state index contributed by atoms with van der Waals surface area (Å²) in [6.07, 6.45) is 5.41. The lowest BCUT2D eigenvalue weighted by atomic mass is 9.85. The van der Waals surface area contributed by atoms with E-state index >= 15 is 0 Å². The van der Waals surface area contributed by atoms with Crippen LogP contribution in [-0.4, -0.2) is 37.6 Å². The van der Waals surface area contributed by atoms with Crippen molar-refractivity contribution < 1.29 is 0 Å². The lowest BCUT2D eigenvalue weighted by Gasteiger charge is -2.33. The molecular weight excluding hydrogens is 184 g/mol. The lowest BCUT2D eigenvalue weighted by molar-refractivity contribution is 0.178. The van der Waals surface area contributed by atoms with Crippen molar-refractivity contribution >= 4 is 0 Å². The number of nitrogens with one attached hydrogen (secondary N) is 1. The van der Waals surface area contributed by atoms with Gasteiger partial charge in [0, 0.05) is 19.1 Å². The molecule has 1 aliphatic carbocycles. The summed E-state index contributed by atoms with van der Waals surface area (Å²) in [5.41, 5.74) is 0.460. The third-order valence-corrected chi connectivity index (χ3v) is 3.44. The molecule has 1 atom stereocenters. The molecule has 0 saturated heterocycles.